The predicted octanol–water partition coefficient (Wildman–Crippen LogP) is 3.98. The Morgan fingerprint density at radius 2 is 1.84 bits per heavy atom. The minimum atomic E-state index is -0.0582. The molecule has 2 unspecified atom stereocenters. The van der Waals surface area contributed by atoms with Gasteiger partial charge in [-0.15, -0.1) is 0 Å². The topological polar surface area (TPSA) is 40.6 Å². The SMILES string of the molecule is CCC1CCCCN1C(=O)C1CCCN(C(=O)c2ccc(Cl)cc2)C1. The molecule has 1 aromatic rings. The van der Waals surface area contributed by atoms with Crippen LogP contribution in [-0.2, 0) is 4.79 Å². The number of likely N-dealkylation sites (tertiary alicyclic amines) is 2. The fourth-order valence-electron chi connectivity index (χ4n) is 4.09. The summed E-state index contributed by atoms with van der Waals surface area (Å²) in [5, 5.41) is 0.624. The van der Waals surface area contributed by atoms with Crippen molar-refractivity contribution in [1.29, 1.82) is 0 Å². The third-order valence-corrected chi connectivity index (χ3v) is 5.78. The summed E-state index contributed by atoms with van der Waals surface area (Å²) >= 11 is 5.91. The molecule has 2 aliphatic heterocycles. The summed E-state index contributed by atoms with van der Waals surface area (Å²) in [6.07, 6.45) is 6.22. The number of hydrogen-bond donors (Lipinski definition) is 0. The molecule has 0 aliphatic carbocycles. The van der Waals surface area contributed by atoms with Gasteiger partial charge in [0, 0.05) is 36.3 Å². The van der Waals surface area contributed by atoms with E-state index in [2.05, 4.69) is 11.8 Å². The van der Waals surface area contributed by atoms with Gasteiger partial charge in [0.15, 0.2) is 0 Å². The van der Waals surface area contributed by atoms with Crippen LogP contribution in [0.4, 0.5) is 0 Å². The number of nitrogens with zero attached hydrogens (tertiary/aromatic N) is 2. The molecule has 2 fully saturated rings. The Balaban J connectivity index is 1.67. The molecule has 25 heavy (non-hydrogen) atoms. The molecule has 2 aliphatic rings. The smallest absolute Gasteiger partial charge is 0.253 e. The molecule has 2 saturated heterocycles. The van der Waals surface area contributed by atoms with E-state index in [0.717, 1.165) is 45.2 Å². The predicted molar refractivity (Wildman–Crippen MR) is 99.7 cm³/mol. The van der Waals surface area contributed by atoms with Gasteiger partial charge in [-0.3, -0.25) is 9.59 Å². The first-order chi connectivity index (χ1) is 12.1. The zero-order valence-electron chi connectivity index (χ0n) is 14.9. The summed E-state index contributed by atoms with van der Waals surface area (Å²) in [4.78, 5) is 29.7. The van der Waals surface area contributed by atoms with Crippen molar-refractivity contribution < 1.29 is 9.59 Å². The fraction of sp³-hybridized carbons (Fsp3) is 0.600. The van der Waals surface area contributed by atoms with Crippen molar-refractivity contribution in [1.82, 2.24) is 9.80 Å². The Bertz CT molecular complexity index is 617. The van der Waals surface area contributed by atoms with Gasteiger partial charge in [0.2, 0.25) is 5.91 Å². The van der Waals surface area contributed by atoms with Crippen molar-refractivity contribution in [3.63, 3.8) is 0 Å². The van der Waals surface area contributed by atoms with E-state index in [9.17, 15) is 9.59 Å². The molecule has 2 heterocycles. The van der Waals surface area contributed by atoms with Crippen molar-refractivity contribution in [2.45, 2.75) is 51.5 Å². The van der Waals surface area contributed by atoms with Crippen LogP contribution >= 0.6 is 11.6 Å². The first-order valence-corrected chi connectivity index (χ1v) is 9.83. The maximum Gasteiger partial charge on any atom is 0.253 e. The Hall–Kier alpha value is -1.55. The van der Waals surface area contributed by atoms with Crippen molar-refractivity contribution in [2.75, 3.05) is 19.6 Å². The minimum absolute atomic E-state index is 0.000137. The average molecular weight is 363 g/mol. The second-order valence-corrected chi connectivity index (χ2v) is 7.62. The number of hydrogen-bond acceptors (Lipinski definition) is 2. The maximum atomic E-state index is 13.0. The number of piperidine rings is 2. The molecule has 1 aromatic carbocycles. The highest BCUT2D eigenvalue weighted by molar-refractivity contribution is 6.30. The maximum absolute atomic E-state index is 13.0. The fourth-order valence-corrected chi connectivity index (χ4v) is 4.21. The third-order valence-electron chi connectivity index (χ3n) is 5.53. The van der Waals surface area contributed by atoms with Crippen LogP contribution in [-0.4, -0.2) is 47.3 Å². The minimum Gasteiger partial charge on any atom is -0.339 e. The lowest BCUT2D eigenvalue weighted by molar-refractivity contribution is -0.140. The quantitative estimate of drug-likeness (QED) is 0.815. The third kappa shape index (κ3) is 4.17. The van der Waals surface area contributed by atoms with Crippen LogP contribution in [0.2, 0.25) is 5.02 Å². The second kappa shape index (κ2) is 8.22. The molecular weight excluding hydrogens is 336 g/mol. The highest BCUT2D eigenvalue weighted by atomic mass is 35.5. The number of carbonyl (C=O) groups is 2. The Morgan fingerprint density at radius 3 is 2.56 bits per heavy atom. The molecule has 0 aromatic heterocycles. The van der Waals surface area contributed by atoms with Crippen molar-refractivity contribution in [3.05, 3.63) is 34.9 Å². The van der Waals surface area contributed by atoms with E-state index in [1.54, 1.807) is 24.3 Å². The number of halogens is 1. The largest absolute Gasteiger partial charge is 0.339 e. The molecule has 2 atom stereocenters. The van der Waals surface area contributed by atoms with Gasteiger partial charge < -0.3 is 9.80 Å². The van der Waals surface area contributed by atoms with Crippen molar-refractivity contribution in [3.8, 4) is 0 Å². The Kier molecular flexibility index (Phi) is 6.00. The second-order valence-electron chi connectivity index (χ2n) is 7.19. The Morgan fingerprint density at radius 1 is 1.08 bits per heavy atom. The number of amides is 2. The molecule has 0 saturated carbocycles. The molecule has 0 bridgehead atoms. The van der Waals surface area contributed by atoms with Crippen LogP contribution in [0.5, 0.6) is 0 Å². The Labute approximate surface area is 155 Å². The number of benzene rings is 1. The van der Waals surface area contributed by atoms with Crippen LogP contribution < -0.4 is 0 Å². The molecule has 5 heteroatoms. The monoisotopic (exact) mass is 362 g/mol. The van der Waals surface area contributed by atoms with Gasteiger partial charge in [0.1, 0.15) is 0 Å². The van der Waals surface area contributed by atoms with Crippen LogP contribution in [0.25, 0.3) is 0 Å². The molecule has 0 N–H and O–H groups in total. The molecule has 0 spiro atoms. The summed E-state index contributed by atoms with van der Waals surface area (Å²) in [6, 6.07) is 7.37. The van der Waals surface area contributed by atoms with Gasteiger partial charge in [-0.05, 0) is 62.8 Å². The molecule has 0 radical (unpaired) electrons. The van der Waals surface area contributed by atoms with E-state index < -0.39 is 0 Å². The average Bonchev–Trinajstić information content (AvgIpc) is 2.67. The van der Waals surface area contributed by atoms with Crippen molar-refractivity contribution in [2.24, 2.45) is 5.92 Å². The molecule has 2 amide bonds. The van der Waals surface area contributed by atoms with E-state index in [1.807, 2.05) is 4.90 Å². The molecule has 4 nitrogen and oxygen atoms in total. The van der Waals surface area contributed by atoms with E-state index >= 15 is 0 Å². The van der Waals surface area contributed by atoms with E-state index in [0.29, 0.717) is 23.2 Å². The zero-order chi connectivity index (χ0) is 17.8. The van der Waals surface area contributed by atoms with Gasteiger partial charge in [0.25, 0.3) is 5.91 Å². The highest BCUT2D eigenvalue weighted by Crippen LogP contribution is 2.26. The molecule has 136 valence electrons. The van der Waals surface area contributed by atoms with Gasteiger partial charge in [-0.25, -0.2) is 0 Å². The highest BCUT2D eigenvalue weighted by Gasteiger charge is 2.34. The lowest BCUT2D eigenvalue weighted by atomic mass is 9.92. The van der Waals surface area contributed by atoms with Crippen molar-refractivity contribution >= 4 is 23.4 Å². The van der Waals surface area contributed by atoms with Crippen LogP contribution in [0.1, 0.15) is 55.8 Å². The summed E-state index contributed by atoms with van der Waals surface area (Å²) in [5.41, 5.74) is 0.641. The van der Waals surface area contributed by atoms with Gasteiger partial charge >= 0.3 is 0 Å². The summed E-state index contributed by atoms with van der Waals surface area (Å²) in [7, 11) is 0. The summed E-state index contributed by atoms with van der Waals surface area (Å²) in [6.45, 7) is 4.29. The van der Waals surface area contributed by atoms with Gasteiger partial charge in [0.05, 0.1) is 5.92 Å². The number of rotatable bonds is 3. The van der Waals surface area contributed by atoms with E-state index in [1.165, 1.54) is 6.42 Å². The van der Waals surface area contributed by atoms with E-state index in [4.69, 9.17) is 11.6 Å². The van der Waals surface area contributed by atoms with Gasteiger partial charge in [-0.1, -0.05) is 18.5 Å². The van der Waals surface area contributed by atoms with E-state index in [-0.39, 0.29) is 17.7 Å². The van der Waals surface area contributed by atoms with Crippen LogP contribution in [0.15, 0.2) is 24.3 Å². The zero-order valence-corrected chi connectivity index (χ0v) is 15.7. The van der Waals surface area contributed by atoms with Gasteiger partial charge in [-0.2, -0.15) is 0 Å². The summed E-state index contributed by atoms with van der Waals surface area (Å²) < 4.78 is 0. The normalized spacial score (nSPS) is 24.2. The standard InChI is InChI=1S/C20H27ClN2O2/c1-2-18-7-3-4-13-23(18)20(25)16-6-5-12-22(14-16)19(24)15-8-10-17(21)11-9-15/h8-11,16,18H,2-7,12-14H2,1H3. The lowest BCUT2D eigenvalue weighted by Gasteiger charge is -2.40. The van der Waals surface area contributed by atoms with Crippen LogP contribution in [0.3, 0.4) is 0 Å². The lowest BCUT2D eigenvalue weighted by Crippen LogP contribution is -2.51. The summed E-state index contributed by atoms with van der Waals surface area (Å²) in [5.74, 6) is 0.192. The first-order valence-electron chi connectivity index (χ1n) is 9.45. The van der Waals surface area contributed by atoms with Crippen LogP contribution in [0, 0.1) is 5.92 Å². The molecular formula is C20H27ClN2O2. The number of carbonyl (C=O) groups excluding carboxylic acids is 2. The first kappa shape index (κ1) is 18.2. The molecule has 3 rings (SSSR count).